The molecule has 2 heterocycles. The summed E-state index contributed by atoms with van der Waals surface area (Å²) in [5.41, 5.74) is 0.463. The molecule has 1 aromatic heterocycles. The van der Waals surface area contributed by atoms with E-state index in [0.29, 0.717) is 22.2 Å². The molecule has 1 aliphatic heterocycles. The second-order valence-electron chi connectivity index (χ2n) is 7.34. The zero-order valence-corrected chi connectivity index (χ0v) is 17.0. The lowest BCUT2D eigenvalue weighted by Crippen LogP contribution is -2.50. The Morgan fingerprint density at radius 3 is 2.47 bits per heavy atom. The number of nitrogens with zero attached hydrogens (tertiary/aromatic N) is 3. The van der Waals surface area contributed by atoms with Gasteiger partial charge in [-0.2, -0.15) is 5.10 Å². The summed E-state index contributed by atoms with van der Waals surface area (Å²) in [5.74, 6) is -0.287. The van der Waals surface area contributed by atoms with Gasteiger partial charge in [0.15, 0.2) is 11.8 Å². The van der Waals surface area contributed by atoms with E-state index in [1.807, 2.05) is 13.8 Å². The summed E-state index contributed by atoms with van der Waals surface area (Å²) in [5, 5.41) is 7.87. The third-order valence-electron chi connectivity index (χ3n) is 5.08. The monoisotopic (exact) mass is 406 g/mol. The molecule has 1 aliphatic rings. The normalized spacial score (nSPS) is 15.6. The summed E-state index contributed by atoms with van der Waals surface area (Å²) >= 11 is 0. The standard InChI is InChI=1S/C22H22N4O4/c1-13(2)26-21(28)15-9-5-4-8-14(15)19(24-26)22(29)25-12-18(20(27)23-3)30-17-11-7-6-10-16(17)25/h4-11,13,18H,12H2,1-3H3,(H,23,27). The number of fused-ring (bicyclic) bond motifs is 2. The van der Waals surface area contributed by atoms with Gasteiger partial charge in [0.05, 0.1) is 23.7 Å². The molecule has 0 spiro atoms. The number of anilines is 1. The number of hydrogen-bond donors (Lipinski definition) is 1. The summed E-state index contributed by atoms with van der Waals surface area (Å²) in [6, 6.07) is 13.8. The van der Waals surface area contributed by atoms with Crippen LogP contribution in [0.25, 0.3) is 10.8 Å². The molecule has 0 fully saturated rings. The number of para-hydroxylation sites is 2. The van der Waals surface area contributed by atoms with Crippen LogP contribution in [-0.4, -0.2) is 41.3 Å². The number of amides is 2. The molecule has 0 aliphatic carbocycles. The van der Waals surface area contributed by atoms with Gasteiger partial charge in [-0.1, -0.05) is 30.3 Å². The van der Waals surface area contributed by atoms with Crippen molar-refractivity contribution in [3.63, 3.8) is 0 Å². The minimum Gasteiger partial charge on any atom is -0.477 e. The number of aromatic nitrogens is 2. The van der Waals surface area contributed by atoms with Crippen molar-refractivity contribution in [2.45, 2.75) is 26.0 Å². The van der Waals surface area contributed by atoms with Gasteiger partial charge in [0, 0.05) is 12.4 Å². The summed E-state index contributed by atoms with van der Waals surface area (Å²) < 4.78 is 7.11. The largest absolute Gasteiger partial charge is 0.477 e. The first-order chi connectivity index (χ1) is 14.4. The van der Waals surface area contributed by atoms with E-state index in [4.69, 9.17) is 4.74 Å². The third kappa shape index (κ3) is 3.20. The Hall–Kier alpha value is -3.68. The molecule has 1 atom stereocenters. The number of carbonyl (C=O) groups is 2. The van der Waals surface area contributed by atoms with Crippen molar-refractivity contribution in [1.29, 1.82) is 0 Å². The van der Waals surface area contributed by atoms with Crippen molar-refractivity contribution >= 4 is 28.3 Å². The van der Waals surface area contributed by atoms with Gasteiger partial charge in [0.2, 0.25) is 0 Å². The second kappa shape index (κ2) is 7.62. The summed E-state index contributed by atoms with van der Waals surface area (Å²) in [6.07, 6.45) is -0.851. The molecule has 1 unspecified atom stereocenters. The van der Waals surface area contributed by atoms with E-state index in [9.17, 15) is 14.4 Å². The number of carbonyl (C=O) groups excluding carboxylic acids is 2. The van der Waals surface area contributed by atoms with Crippen LogP contribution >= 0.6 is 0 Å². The molecule has 2 amide bonds. The molecule has 2 aromatic carbocycles. The first-order valence-electron chi connectivity index (χ1n) is 9.73. The number of ether oxygens (including phenoxy) is 1. The molecule has 1 N–H and O–H groups in total. The predicted molar refractivity (Wildman–Crippen MR) is 113 cm³/mol. The topological polar surface area (TPSA) is 93.5 Å². The van der Waals surface area contributed by atoms with Crippen molar-refractivity contribution in [1.82, 2.24) is 15.1 Å². The van der Waals surface area contributed by atoms with Crippen LogP contribution in [-0.2, 0) is 4.79 Å². The van der Waals surface area contributed by atoms with Crippen LogP contribution in [0.1, 0.15) is 30.4 Å². The molecular weight excluding hydrogens is 384 g/mol. The molecular formula is C22H22N4O4. The minimum atomic E-state index is -0.851. The second-order valence-corrected chi connectivity index (χ2v) is 7.34. The minimum absolute atomic E-state index is 0.0341. The highest BCUT2D eigenvalue weighted by Gasteiger charge is 2.35. The van der Waals surface area contributed by atoms with Crippen LogP contribution in [0.3, 0.4) is 0 Å². The predicted octanol–water partition coefficient (Wildman–Crippen LogP) is 2.13. The fourth-order valence-electron chi connectivity index (χ4n) is 3.57. The van der Waals surface area contributed by atoms with E-state index in [1.54, 1.807) is 48.5 Å². The Morgan fingerprint density at radius 1 is 1.10 bits per heavy atom. The summed E-state index contributed by atoms with van der Waals surface area (Å²) in [6.45, 7) is 3.71. The van der Waals surface area contributed by atoms with Gasteiger partial charge in [-0.15, -0.1) is 0 Å². The Kier molecular flexibility index (Phi) is 4.99. The Labute approximate surface area is 173 Å². The Morgan fingerprint density at radius 2 is 1.77 bits per heavy atom. The molecule has 154 valence electrons. The molecule has 8 nitrogen and oxygen atoms in total. The highest BCUT2D eigenvalue weighted by atomic mass is 16.5. The summed E-state index contributed by atoms with van der Waals surface area (Å²) in [4.78, 5) is 40.2. The van der Waals surface area contributed by atoms with Gasteiger partial charge in [-0.25, -0.2) is 4.68 Å². The van der Waals surface area contributed by atoms with Crippen LogP contribution in [0.15, 0.2) is 53.3 Å². The maximum absolute atomic E-state index is 13.7. The zero-order chi connectivity index (χ0) is 21.4. The van der Waals surface area contributed by atoms with Gasteiger partial charge in [0.25, 0.3) is 17.4 Å². The van der Waals surface area contributed by atoms with Gasteiger partial charge < -0.3 is 10.1 Å². The van der Waals surface area contributed by atoms with E-state index >= 15 is 0 Å². The zero-order valence-electron chi connectivity index (χ0n) is 17.0. The van der Waals surface area contributed by atoms with E-state index in [1.165, 1.54) is 16.6 Å². The van der Waals surface area contributed by atoms with E-state index < -0.39 is 12.0 Å². The van der Waals surface area contributed by atoms with Crippen molar-refractivity contribution in [3.8, 4) is 5.75 Å². The quantitative estimate of drug-likeness (QED) is 0.719. The molecule has 0 radical (unpaired) electrons. The van der Waals surface area contributed by atoms with E-state index in [-0.39, 0.29) is 29.7 Å². The van der Waals surface area contributed by atoms with Gasteiger partial charge in [-0.3, -0.25) is 19.3 Å². The van der Waals surface area contributed by atoms with Crippen LogP contribution < -0.4 is 20.5 Å². The molecule has 0 saturated carbocycles. The maximum Gasteiger partial charge on any atom is 0.279 e. The molecule has 3 aromatic rings. The smallest absolute Gasteiger partial charge is 0.279 e. The lowest BCUT2D eigenvalue weighted by Gasteiger charge is -2.34. The van der Waals surface area contributed by atoms with Crippen LogP contribution in [0, 0.1) is 0 Å². The van der Waals surface area contributed by atoms with Crippen LogP contribution in [0.2, 0.25) is 0 Å². The molecule has 0 saturated heterocycles. The third-order valence-corrected chi connectivity index (χ3v) is 5.08. The molecule has 4 rings (SSSR count). The Bertz CT molecular complexity index is 1200. The van der Waals surface area contributed by atoms with Gasteiger partial charge in [0.1, 0.15) is 5.75 Å². The average molecular weight is 406 g/mol. The van der Waals surface area contributed by atoms with Crippen molar-refractivity contribution in [3.05, 3.63) is 64.6 Å². The SMILES string of the molecule is CNC(=O)C1CN(C(=O)c2nn(C(C)C)c(=O)c3ccccc23)c2ccccc2O1. The van der Waals surface area contributed by atoms with Crippen molar-refractivity contribution in [2.24, 2.45) is 0 Å². The molecule has 8 heteroatoms. The lowest BCUT2D eigenvalue weighted by molar-refractivity contribution is -0.127. The van der Waals surface area contributed by atoms with E-state index in [2.05, 4.69) is 10.4 Å². The number of likely N-dealkylation sites (N-methyl/N-ethyl adjacent to an activating group) is 1. The van der Waals surface area contributed by atoms with Crippen LogP contribution in [0.5, 0.6) is 5.75 Å². The fourth-order valence-corrected chi connectivity index (χ4v) is 3.57. The highest BCUT2D eigenvalue weighted by Crippen LogP contribution is 2.34. The van der Waals surface area contributed by atoms with Gasteiger partial charge in [-0.05, 0) is 32.0 Å². The lowest BCUT2D eigenvalue weighted by atomic mass is 10.1. The first-order valence-corrected chi connectivity index (χ1v) is 9.73. The Balaban J connectivity index is 1.89. The molecule has 0 bridgehead atoms. The maximum atomic E-state index is 13.7. The number of benzene rings is 2. The highest BCUT2D eigenvalue weighted by molar-refractivity contribution is 6.13. The number of nitrogens with one attached hydrogen (secondary N) is 1. The van der Waals surface area contributed by atoms with Crippen LogP contribution in [0.4, 0.5) is 5.69 Å². The van der Waals surface area contributed by atoms with Gasteiger partial charge >= 0.3 is 0 Å². The van der Waals surface area contributed by atoms with Crippen molar-refractivity contribution < 1.29 is 14.3 Å². The first kappa shape index (κ1) is 19.6. The van der Waals surface area contributed by atoms with E-state index in [0.717, 1.165) is 0 Å². The molecule has 30 heavy (non-hydrogen) atoms. The average Bonchev–Trinajstić information content (AvgIpc) is 2.77. The summed E-state index contributed by atoms with van der Waals surface area (Å²) in [7, 11) is 1.52. The fraction of sp³-hybridized carbons (Fsp3) is 0.273. The van der Waals surface area contributed by atoms with Crippen molar-refractivity contribution in [2.75, 3.05) is 18.5 Å². The number of hydrogen-bond acceptors (Lipinski definition) is 5. The number of rotatable bonds is 3.